The van der Waals surface area contributed by atoms with Crippen LogP contribution in [0.4, 0.5) is 5.82 Å². The van der Waals surface area contributed by atoms with Gasteiger partial charge in [0.2, 0.25) is 5.91 Å². The van der Waals surface area contributed by atoms with Gasteiger partial charge in [-0.1, -0.05) is 60.1 Å². The lowest BCUT2D eigenvalue weighted by Crippen LogP contribution is -2.30. The molecule has 6 nitrogen and oxygen atoms in total. The Bertz CT molecular complexity index is 1230. The fourth-order valence-electron chi connectivity index (χ4n) is 3.43. The van der Waals surface area contributed by atoms with E-state index in [0.717, 1.165) is 33.5 Å². The summed E-state index contributed by atoms with van der Waals surface area (Å²) in [5.41, 5.74) is 3.36. The molecule has 1 N–H and O–H groups in total. The molecule has 0 aliphatic rings. The van der Waals surface area contributed by atoms with Gasteiger partial charge < -0.3 is 10.2 Å². The summed E-state index contributed by atoms with van der Waals surface area (Å²) in [5.74, 6) is 0.924. The first-order valence-corrected chi connectivity index (χ1v) is 11.5. The van der Waals surface area contributed by atoms with Crippen molar-refractivity contribution in [1.82, 2.24) is 19.5 Å². The van der Waals surface area contributed by atoms with Gasteiger partial charge in [0.15, 0.2) is 5.65 Å². The number of likely N-dealkylation sites (N-methyl/N-ethyl adjacent to an activating group) is 1. The molecule has 0 aliphatic carbocycles. The van der Waals surface area contributed by atoms with E-state index in [2.05, 4.69) is 26.3 Å². The number of rotatable bonds is 8. The van der Waals surface area contributed by atoms with Gasteiger partial charge in [-0.05, 0) is 34.0 Å². The molecule has 0 spiro atoms. The van der Waals surface area contributed by atoms with Gasteiger partial charge in [0.25, 0.3) is 0 Å². The van der Waals surface area contributed by atoms with Gasteiger partial charge in [0, 0.05) is 36.8 Å². The third kappa shape index (κ3) is 5.11. The van der Waals surface area contributed by atoms with E-state index in [1.165, 1.54) is 0 Å². The molecule has 4 aromatic rings. The monoisotopic (exact) mass is 511 g/mol. The number of anilines is 1. The number of benzene rings is 2. The summed E-state index contributed by atoms with van der Waals surface area (Å²) in [4.78, 5) is 18.9. The van der Waals surface area contributed by atoms with Crippen LogP contribution in [0.3, 0.4) is 0 Å². The first kappa shape index (κ1) is 22.3. The number of fused-ring (bicyclic) bond motifs is 1. The highest BCUT2D eigenvalue weighted by Gasteiger charge is 2.14. The topological polar surface area (TPSA) is 62.5 Å². The third-order valence-electron chi connectivity index (χ3n) is 5.18. The van der Waals surface area contributed by atoms with Gasteiger partial charge in [-0.3, -0.25) is 4.79 Å². The van der Waals surface area contributed by atoms with Crippen LogP contribution in [0.25, 0.3) is 16.9 Å². The lowest BCUT2D eigenvalue weighted by Gasteiger charge is -2.18. The quantitative estimate of drug-likeness (QED) is 0.325. The average molecular weight is 513 g/mol. The molecule has 164 valence electrons. The minimum atomic E-state index is 0.111. The fraction of sp³-hybridized carbons (Fsp3) is 0.208. The Labute approximate surface area is 200 Å². The van der Waals surface area contributed by atoms with Crippen LogP contribution in [0.15, 0.2) is 71.3 Å². The number of nitrogens with one attached hydrogen (secondary N) is 1. The lowest BCUT2D eigenvalue weighted by molar-refractivity contribution is -0.129. The average Bonchev–Trinajstić information content (AvgIpc) is 3.18. The summed E-state index contributed by atoms with van der Waals surface area (Å²) < 4.78 is 2.56. The van der Waals surface area contributed by atoms with Crippen molar-refractivity contribution in [2.45, 2.75) is 12.8 Å². The second-order valence-corrected chi connectivity index (χ2v) is 8.75. The van der Waals surface area contributed by atoms with Crippen LogP contribution in [-0.2, 0) is 11.2 Å². The summed E-state index contributed by atoms with van der Waals surface area (Å²) >= 11 is 9.91. The van der Waals surface area contributed by atoms with Gasteiger partial charge in [-0.15, -0.1) is 0 Å². The Morgan fingerprint density at radius 2 is 1.91 bits per heavy atom. The minimum absolute atomic E-state index is 0.111. The fourth-order valence-corrected chi connectivity index (χ4v) is 4.01. The maximum atomic E-state index is 12.5. The Balaban J connectivity index is 1.42. The number of halogens is 2. The van der Waals surface area contributed by atoms with Crippen LogP contribution in [0.5, 0.6) is 0 Å². The molecule has 0 bridgehead atoms. The van der Waals surface area contributed by atoms with E-state index in [0.29, 0.717) is 30.2 Å². The van der Waals surface area contributed by atoms with E-state index < -0.39 is 0 Å². The molecule has 4 rings (SSSR count). The highest BCUT2D eigenvalue weighted by atomic mass is 79.9. The van der Waals surface area contributed by atoms with Crippen molar-refractivity contribution < 1.29 is 4.79 Å². The van der Waals surface area contributed by atoms with E-state index in [9.17, 15) is 4.79 Å². The standard InChI is InChI=1S/C24H23BrClN5O/c1-30(23(32)14-17-8-3-2-4-9-17)13-7-12-27-22-15-21(18-10-5-6-11-20(18)26)29-24-19(25)16-28-31(22)24/h2-6,8-11,15-16,27H,7,12-14H2,1H3. The molecule has 32 heavy (non-hydrogen) atoms. The normalized spacial score (nSPS) is 11.0. The van der Waals surface area contributed by atoms with Gasteiger partial charge in [-0.2, -0.15) is 9.61 Å². The summed E-state index contributed by atoms with van der Waals surface area (Å²) in [6.45, 7) is 1.34. The second-order valence-electron chi connectivity index (χ2n) is 7.49. The number of carbonyl (C=O) groups is 1. The molecule has 0 atom stereocenters. The van der Waals surface area contributed by atoms with Gasteiger partial charge >= 0.3 is 0 Å². The highest BCUT2D eigenvalue weighted by molar-refractivity contribution is 9.10. The molecule has 0 aliphatic heterocycles. The van der Waals surface area contributed by atoms with Crippen molar-refractivity contribution >= 4 is 44.9 Å². The molecular weight excluding hydrogens is 490 g/mol. The molecule has 0 saturated heterocycles. The predicted octanol–water partition coefficient (Wildman–Crippen LogP) is 5.32. The number of amides is 1. The van der Waals surface area contributed by atoms with Crippen LogP contribution >= 0.6 is 27.5 Å². The number of nitrogens with zero attached hydrogens (tertiary/aromatic N) is 4. The molecule has 1 amide bonds. The molecule has 0 fully saturated rings. The van der Waals surface area contributed by atoms with Crippen molar-refractivity contribution in [3.8, 4) is 11.3 Å². The largest absolute Gasteiger partial charge is 0.370 e. The molecule has 0 saturated carbocycles. The zero-order valence-corrected chi connectivity index (χ0v) is 20.0. The van der Waals surface area contributed by atoms with Crippen molar-refractivity contribution in [1.29, 1.82) is 0 Å². The van der Waals surface area contributed by atoms with Crippen LogP contribution in [-0.4, -0.2) is 45.5 Å². The van der Waals surface area contributed by atoms with Gasteiger partial charge in [0.05, 0.1) is 22.8 Å². The van der Waals surface area contributed by atoms with Gasteiger partial charge in [-0.25, -0.2) is 4.98 Å². The molecule has 2 aromatic carbocycles. The predicted molar refractivity (Wildman–Crippen MR) is 132 cm³/mol. The number of carbonyl (C=O) groups excluding carboxylic acids is 1. The van der Waals surface area contributed by atoms with Crippen LogP contribution in [0.1, 0.15) is 12.0 Å². The number of hydrogen-bond acceptors (Lipinski definition) is 4. The lowest BCUT2D eigenvalue weighted by atomic mass is 10.1. The van der Waals surface area contributed by atoms with Crippen LogP contribution in [0, 0.1) is 0 Å². The van der Waals surface area contributed by atoms with Crippen molar-refractivity contribution in [2.75, 3.05) is 25.5 Å². The molecule has 0 radical (unpaired) electrons. The van der Waals surface area contributed by atoms with E-state index in [1.54, 1.807) is 15.6 Å². The smallest absolute Gasteiger partial charge is 0.226 e. The number of hydrogen-bond donors (Lipinski definition) is 1. The Kier molecular flexibility index (Phi) is 7.07. The summed E-state index contributed by atoms with van der Waals surface area (Å²) in [6.07, 6.45) is 2.93. The Morgan fingerprint density at radius 1 is 1.16 bits per heavy atom. The van der Waals surface area contributed by atoms with E-state index in [1.807, 2.05) is 67.7 Å². The van der Waals surface area contributed by atoms with Crippen LogP contribution in [0.2, 0.25) is 5.02 Å². The first-order chi connectivity index (χ1) is 15.5. The van der Waals surface area contributed by atoms with Gasteiger partial charge in [0.1, 0.15) is 5.82 Å². The maximum absolute atomic E-state index is 12.5. The Hall–Kier alpha value is -2.90. The maximum Gasteiger partial charge on any atom is 0.226 e. The molecule has 0 unspecified atom stereocenters. The summed E-state index contributed by atoms with van der Waals surface area (Å²) in [5, 5.41) is 8.49. The molecule has 2 aromatic heterocycles. The van der Waals surface area contributed by atoms with Crippen molar-refractivity contribution in [2.24, 2.45) is 0 Å². The zero-order chi connectivity index (χ0) is 22.5. The number of aromatic nitrogens is 3. The summed E-state index contributed by atoms with van der Waals surface area (Å²) in [6, 6.07) is 19.4. The van der Waals surface area contributed by atoms with E-state index >= 15 is 0 Å². The van der Waals surface area contributed by atoms with E-state index in [-0.39, 0.29) is 5.91 Å². The van der Waals surface area contributed by atoms with E-state index in [4.69, 9.17) is 16.6 Å². The SMILES string of the molecule is CN(CCCNc1cc(-c2ccccc2Cl)nc2c(Br)cnn12)C(=O)Cc1ccccc1. The molecule has 2 heterocycles. The molecular formula is C24H23BrClN5O. The summed E-state index contributed by atoms with van der Waals surface area (Å²) in [7, 11) is 1.84. The van der Waals surface area contributed by atoms with Crippen molar-refractivity contribution in [3.63, 3.8) is 0 Å². The third-order valence-corrected chi connectivity index (χ3v) is 6.07. The Morgan fingerprint density at radius 3 is 2.69 bits per heavy atom. The zero-order valence-electron chi connectivity index (χ0n) is 17.6. The first-order valence-electron chi connectivity index (χ1n) is 10.3. The minimum Gasteiger partial charge on any atom is -0.370 e. The highest BCUT2D eigenvalue weighted by Crippen LogP contribution is 2.30. The molecule has 8 heteroatoms. The van der Waals surface area contributed by atoms with Crippen molar-refractivity contribution in [3.05, 3.63) is 81.9 Å². The second kappa shape index (κ2) is 10.1. The van der Waals surface area contributed by atoms with Crippen LogP contribution < -0.4 is 5.32 Å².